The molecule has 0 amide bonds. The van der Waals surface area contributed by atoms with Crippen molar-refractivity contribution in [2.75, 3.05) is 12.4 Å². The minimum atomic E-state index is -3.63. The molecule has 1 aromatic heterocycles. The molecule has 2 N–H and O–H groups in total. The van der Waals surface area contributed by atoms with E-state index in [0.717, 1.165) is 5.56 Å². The summed E-state index contributed by atoms with van der Waals surface area (Å²) in [5.74, 6) is 0.334. The zero-order chi connectivity index (χ0) is 14.6. The van der Waals surface area contributed by atoms with Crippen molar-refractivity contribution < 1.29 is 8.42 Å². The van der Waals surface area contributed by atoms with Gasteiger partial charge in [-0.05, 0) is 24.6 Å². The van der Waals surface area contributed by atoms with E-state index >= 15 is 0 Å². The van der Waals surface area contributed by atoms with Crippen LogP contribution < -0.4 is 10.0 Å². The molecule has 1 aromatic carbocycles. The van der Waals surface area contributed by atoms with E-state index in [9.17, 15) is 8.42 Å². The van der Waals surface area contributed by atoms with Crippen LogP contribution in [0.1, 0.15) is 18.5 Å². The first-order valence-corrected chi connectivity index (χ1v) is 7.73. The number of aromatic nitrogens is 1. The van der Waals surface area contributed by atoms with Crippen LogP contribution in [-0.2, 0) is 10.0 Å². The van der Waals surface area contributed by atoms with Gasteiger partial charge in [-0.2, -0.15) is 0 Å². The molecule has 0 bridgehead atoms. The Morgan fingerprint density at radius 1 is 1.10 bits per heavy atom. The number of rotatable bonds is 5. The minimum absolute atomic E-state index is 0.144. The largest absolute Gasteiger partial charge is 0.372 e. The standard InChI is InChI=1S/C14H17N3O2S/c1-11(12-7-4-3-5-8-12)17-20(18,19)13-9-6-10-16-14(13)15-2/h3-11,17H,1-2H3,(H,15,16). The highest BCUT2D eigenvalue weighted by Crippen LogP contribution is 2.20. The van der Waals surface area contributed by atoms with Crippen molar-refractivity contribution in [3.05, 3.63) is 54.2 Å². The molecule has 0 radical (unpaired) electrons. The smallest absolute Gasteiger partial charge is 0.244 e. The van der Waals surface area contributed by atoms with E-state index in [1.807, 2.05) is 37.3 Å². The summed E-state index contributed by atoms with van der Waals surface area (Å²) >= 11 is 0. The highest BCUT2D eigenvalue weighted by molar-refractivity contribution is 7.89. The topological polar surface area (TPSA) is 71.1 Å². The van der Waals surface area contributed by atoms with Crippen LogP contribution in [0.2, 0.25) is 0 Å². The van der Waals surface area contributed by atoms with Crippen molar-refractivity contribution in [2.45, 2.75) is 17.9 Å². The molecule has 0 saturated carbocycles. The predicted molar refractivity (Wildman–Crippen MR) is 79.0 cm³/mol. The van der Waals surface area contributed by atoms with Gasteiger partial charge in [0.25, 0.3) is 0 Å². The van der Waals surface area contributed by atoms with Gasteiger partial charge in [-0.1, -0.05) is 30.3 Å². The molecule has 106 valence electrons. The molecule has 5 nitrogen and oxygen atoms in total. The Morgan fingerprint density at radius 2 is 1.80 bits per heavy atom. The normalized spacial score (nSPS) is 12.9. The molecule has 20 heavy (non-hydrogen) atoms. The summed E-state index contributed by atoms with van der Waals surface area (Å²) in [4.78, 5) is 4.16. The van der Waals surface area contributed by atoms with Crippen molar-refractivity contribution in [3.63, 3.8) is 0 Å². The summed E-state index contributed by atoms with van der Waals surface area (Å²) in [6.45, 7) is 1.81. The van der Waals surface area contributed by atoms with E-state index in [2.05, 4.69) is 15.0 Å². The van der Waals surface area contributed by atoms with E-state index in [-0.39, 0.29) is 10.9 Å². The first-order chi connectivity index (χ1) is 9.54. The van der Waals surface area contributed by atoms with Gasteiger partial charge in [0, 0.05) is 19.3 Å². The number of sulfonamides is 1. The third kappa shape index (κ3) is 3.15. The lowest BCUT2D eigenvalue weighted by Gasteiger charge is -2.16. The van der Waals surface area contributed by atoms with E-state index in [4.69, 9.17) is 0 Å². The third-order valence-electron chi connectivity index (χ3n) is 2.93. The molecule has 0 fully saturated rings. The van der Waals surface area contributed by atoms with Crippen LogP contribution in [0.5, 0.6) is 0 Å². The maximum atomic E-state index is 12.4. The molecule has 0 aliphatic rings. The number of hydrogen-bond acceptors (Lipinski definition) is 4. The van der Waals surface area contributed by atoms with Gasteiger partial charge in [0.15, 0.2) is 0 Å². The molecule has 1 atom stereocenters. The van der Waals surface area contributed by atoms with Gasteiger partial charge in [0.05, 0.1) is 0 Å². The fourth-order valence-corrected chi connectivity index (χ4v) is 3.30. The van der Waals surface area contributed by atoms with Gasteiger partial charge < -0.3 is 5.32 Å². The second-order valence-electron chi connectivity index (χ2n) is 4.35. The SMILES string of the molecule is CNc1ncccc1S(=O)(=O)NC(C)c1ccccc1. The Labute approximate surface area is 119 Å². The first kappa shape index (κ1) is 14.5. The number of benzene rings is 1. The van der Waals surface area contributed by atoms with Crippen LogP contribution in [0, 0.1) is 0 Å². The molecule has 0 aliphatic heterocycles. The van der Waals surface area contributed by atoms with Crippen molar-refractivity contribution >= 4 is 15.8 Å². The highest BCUT2D eigenvalue weighted by Gasteiger charge is 2.21. The average molecular weight is 291 g/mol. The molecular weight excluding hydrogens is 274 g/mol. The van der Waals surface area contributed by atoms with E-state index < -0.39 is 10.0 Å². The lowest BCUT2D eigenvalue weighted by atomic mass is 10.1. The highest BCUT2D eigenvalue weighted by atomic mass is 32.2. The average Bonchev–Trinajstić information content (AvgIpc) is 2.47. The zero-order valence-corrected chi connectivity index (χ0v) is 12.2. The summed E-state index contributed by atoms with van der Waals surface area (Å²) in [7, 11) is -1.98. The maximum Gasteiger partial charge on any atom is 0.244 e. The third-order valence-corrected chi connectivity index (χ3v) is 4.50. The number of pyridine rings is 1. The number of anilines is 1. The minimum Gasteiger partial charge on any atom is -0.372 e. The lowest BCUT2D eigenvalue weighted by molar-refractivity contribution is 0.567. The van der Waals surface area contributed by atoms with Crippen molar-refractivity contribution in [1.82, 2.24) is 9.71 Å². The number of nitrogens with zero attached hydrogens (tertiary/aromatic N) is 1. The molecule has 0 spiro atoms. The second-order valence-corrected chi connectivity index (χ2v) is 6.04. The summed E-state index contributed by atoms with van der Waals surface area (Å²) in [6.07, 6.45) is 1.55. The Bertz CT molecular complexity index is 672. The summed E-state index contributed by atoms with van der Waals surface area (Å²) in [6, 6.07) is 12.2. The van der Waals surface area contributed by atoms with Crippen LogP contribution in [0.25, 0.3) is 0 Å². The number of hydrogen-bond donors (Lipinski definition) is 2. The quantitative estimate of drug-likeness (QED) is 0.885. The first-order valence-electron chi connectivity index (χ1n) is 6.24. The predicted octanol–water partition coefficient (Wildman–Crippen LogP) is 2.16. The van der Waals surface area contributed by atoms with Crippen molar-refractivity contribution in [2.24, 2.45) is 0 Å². The van der Waals surface area contributed by atoms with Gasteiger partial charge in [-0.25, -0.2) is 18.1 Å². The summed E-state index contributed by atoms with van der Waals surface area (Å²) in [5.41, 5.74) is 0.908. The molecule has 0 saturated heterocycles. The molecular formula is C14H17N3O2S. The molecule has 2 rings (SSSR count). The van der Waals surface area contributed by atoms with E-state index in [1.54, 1.807) is 19.3 Å². The van der Waals surface area contributed by atoms with Crippen LogP contribution in [-0.4, -0.2) is 20.4 Å². The monoisotopic (exact) mass is 291 g/mol. The van der Waals surface area contributed by atoms with E-state index in [0.29, 0.717) is 5.82 Å². The zero-order valence-electron chi connectivity index (χ0n) is 11.4. The van der Waals surface area contributed by atoms with Gasteiger partial charge in [0.2, 0.25) is 10.0 Å². The van der Waals surface area contributed by atoms with Crippen LogP contribution in [0.4, 0.5) is 5.82 Å². The Morgan fingerprint density at radius 3 is 2.45 bits per heavy atom. The maximum absolute atomic E-state index is 12.4. The Hall–Kier alpha value is -1.92. The molecule has 1 unspecified atom stereocenters. The van der Waals surface area contributed by atoms with Gasteiger partial charge >= 0.3 is 0 Å². The fraction of sp³-hybridized carbons (Fsp3) is 0.214. The Balaban J connectivity index is 2.28. The van der Waals surface area contributed by atoms with Gasteiger partial charge in [-0.15, -0.1) is 0 Å². The molecule has 1 heterocycles. The van der Waals surface area contributed by atoms with Crippen molar-refractivity contribution in [1.29, 1.82) is 0 Å². The lowest BCUT2D eigenvalue weighted by Crippen LogP contribution is -2.27. The second kappa shape index (κ2) is 6.02. The molecule has 2 aromatic rings. The van der Waals surface area contributed by atoms with Crippen LogP contribution in [0.15, 0.2) is 53.6 Å². The van der Waals surface area contributed by atoms with Gasteiger partial charge in [-0.3, -0.25) is 0 Å². The summed E-state index contributed by atoms with van der Waals surface area (Å²) in [5, 5.41) is 2.78. The Kier molecular flexibility index (Phi) is 4.36. The van der Waals surface area contributed by atoms with Crippen LogP contribution in [0.3, 0.4) is 0 Å². The fourth-order valence-electron chi connectivity index (χ4n) is 1.90. The van der Waals surface area contributed by atoms with Crippen molar-refractivity contribution in [3.8, 4) is 0 Å². The van der Waals surface area contributed by atoms with Crippen LogP contribution >= 0.6 is 0 Å². The number of nitrogens with one attached hydrogen (secondary N) is 2. The van der Waals surface area contributed by atoms with E-state index in [1.165, 1.54) is 6.07 Å². The molecule has 0 aliphatic carbocycles. The summed E-state index contributed by atoms with van der Waals surface area (Å²) < 4.78 is 27.5. The van der Waals surface area contributed by atoms with Gasteiger partial charge in [0.1, 0.15) is 10.7 Å². The molecule has 6 heteroatoms.